The second-order valence-corrected chi connectivity index (χ2v) is 7.47. The third kappa shape index (κ3) is 5.48. The van der Waals surface area contributed by atoms with Crippen molar-refractivity contribution in [3.63, 3.8) is 0 Å². The highest BCUT2D eigenvalue weighted by Crippen LogP contribution is 2.18. The minimum Gasteiger partial charge on any atom is -0.380 e. The van der Waals surface area contributed by atoms with Gasteiger partial charge < -0.3 is 5.32 Å². The molecule has 0 aromatic carbocycles. The summed E-state index contributed by atoms with van der Waals surface area (Å²) in [5.74, 6) is 2.67. The van der Waals surface area contributed by atoms with E-state index in [2.05, 4.69) is 54.0 Å². The molecule has 0 aliphatic heterocycles. The highest BCUT2D eigenvalue weighted by Gasteiger charge is 2.11. The fourth-order valence-corrected chi connectivity index (χ4v) is 3.01. The molecular weight excluding hydrogens is 338 g/mol. The molecule has 0 aliphatic carbocycles. The third-order valence-electron chi connectivity index (χ3n) is 2.82. The standard InChI is InChI=1S/C14H24BrN3OS/c1-5-20-7-6-11(4)17-12-8-16-18(9-10(2)3)14(19)13(12)15/h8,10-11,17H,5-7,9H2,1-4H3. The summed E-state index contributed by atoms with van der Waals surface area (Å²) in [5, 5.41) is 7.59. The first-order valence-electron chi connectivity index (χ1n) is 7.05. The first kappa shape index (κ1) is 17.6. The zero-order valence-electron chi connectivity index (χ0n) is 12.6. The van der Waals surface area contributed by atoms with E-state index in [1.165, 1.54) is 4.68 Å². The summed E-state index contributed by atoms with van der Waals surface area (Å²) in [6.45, 7) is 9.07. The van der Waals surface area contributed by atoms with Gasteiger partial charge in [0.05, 0.1) is 11.9 Å². The topological polar surface area (TPSA) is 46.9 Å². The van der Waals surface area contributed by atoms with E-state index in [1.807, 2.05) is 11.8 Å². The molecular formula is C14H24BrN3OS. The number of hydrogen-bond acceptors (Lipinski definition) is 4. The van der Waals surface area contributed by atoms with E-state index in [0.29, 0.717) is 23.0 Å². The molecule has 4 nitrogen and oxygen atoms in total. The zero-order chi connectivity index (χ0) is 15.1. The molecule has 0 aliphatic rings. The smallest absolute Gasteiger partial charge is 0.283 e. The van der Waals surface area contributed by atoms with Crippen LogP contribution in [0.25, 0.3) is 0 Å². The summed E-state index contributed by atoms with van der Waals surface area (Å²) in [6.07, 6.45) is 2.80. The van der Waals surface area contributed by atoms with Gasteiger partial charge in [-0.3, -0.25) is 4.79 Å². The molecule has 0 spiro atoms. The predicted octanol–water partition coefficient (Wildman–Crippen LogP) is 3.61. The number of aromatic nitrogens is 2. The Labute approximate surface area is 133 Å². The van der Waals surface area contributed by atoms with E-state index < -0.39 is 0 Å². The maximum absolute atomic E-state index is 12.2. The molecule has 1 rings (SSSR count). The number of thioether (sulfide) groups is 1. The van der Waals surface area contributed by atoms with Crippen LogP contribution in [0.3, 0.4) is 0 Å². The SMILES string of the molecule is CCSCCC(C)Nc1cnn(CC(C)C)c(=O)c1Br. The molecule has 0 saturated carbocycles. The molecule has 1 aromatic rings. The molecule has 0 saturated heterocycles. The molecule has 1 aromatic heterocycles. The van der Waals surface area contributed by atoms with E-state index >= 15 is 0 Å². The second kappa shape index (κ2) is 8.72. The Hall–Kier alpha value is -0.490. The number of halogens is 1. The van der Waals surface area contributed by atoms with Crippen LogP contribution < -0.4 is 10.9 Å². The monoisotopic (exact) mass is 361 g/mol. The average Bonchev–Trinajstić information content (AvgIpc) is 2.38. The molecule has 114 valence electrons. The average molecular weight is 362 g/mol. The molecule has 0 radical (unpaired) electrons. The van der Waals surface area contributed by atoms with Gasteiger partial charge in [-0.05, 0) is 46.7 Å². The van der Waals surface area contributed by atoms with Crippen LogP contribution in [0.5, 0.6) is 0 Å². The van der Waals surface area contributed by atoms with E-state index in [-0.39, 0.29) is 5.56 Å². The number of rotatable bonds is 8. The molecule has 1 heterocycles. The van der Waals surface area contributed by atoms with Crippen molar-refractivity contribution in [2.45, 2.75) is 46.7 Å². The van der Waals surface area contributed by atoms with Crippen LogP contribution in [-0.4, -0.2) is 27.3 Å². The fourth-order valence-electron chi connectivity index (χ4n) is 1.78. The van der Waals surface area contributed by atoms with Gasteiger partial charge in [0.15, 0.2) is 0 Å². The van der Waals surface area contributed by atoms with Crippen molar-refractivity contribution in [3.8, 4) is 0 Å². The normalized spacial score (nSPS) is 12.7. The first-order chi connectivity index (χ1) is 9.45. The molecule has 0 fully saturated rings. The van der Waals surface area contributed by atoms with Crippen molar-refractivity contribution >= 4 is 33.4 Å². The molecule has 0 amide bonds. The zero-order valence-corrected chi connectivity index (χ0v) is 15.1. The predicted molar refractivity (Wildman–Crippen MR) is 91.7 cm³/mol. The Morgan fingerprint density at radius 3 is 2.75 bits per heavy atom. The van der Waals surface area contributed by atoms with Gasteiger partial charge in [0, 0.05) is 12.6 Å². The number of anilines is 1. The summed E-state index contributed by atoms with van der Waals surface area (Å²) >= 11 is 5.32. The van der Waals surface area contributed by atoms with Crippen LogP contribution in [0.2, 0.25) is 0 Å². The Morgan fingerprint density at radius 1 is 1.45 bits per heavy atom. The fraction of sp³-hybridized carbons (Fsp3) is 0.714. The lowest BCUT2D eigenvalue weighted by Gasteiger charge is -2.16. The Kier molecular flexibility index (Phi) is 7.66. The van der Waals surface area contributed by atoms with Gasteiger partial charge in [-0.1, -0.05) is 20.8 Å². The van der Waals surface area contributed by atoms with Crippen LogP contribution in [0.1, 0.15) is 34.1 Å². The van der Waals surface area contributed by atoms with Gasteiger partial charge in [-0.25, -0.2) is 4.68 Å². The second-order valence-electron chi connectivity index (χ2n) is 5.28. The van der Waals surface area contributed by atoms with Crippen molar-refractivity contribution < 1.29 is 0 Å². The van der Waals surface area contributed by atoms with E-state index in [4.69, 9.17) is 0 Å². The van der Waals surface area contributed by atoms with Gasteiger partial charge in [-0.2, -0.15) is 16.9 Å². The summed E-state index contributed by atoms with van der Waals surface area (Å²) in [7, 11) is 0. The highest BCUT2D eigenvalue weighted by atomic mass is 79.9. The third-order valence-corrected chi connectivity index (χ3v) is 4.52. The quantitative estimate of drug-likeness (QED) is 0.718. The number of hydrogen-bond donors (Lipinski definition) is 1. The Balaban J connectivity index is 2.72. The van der Waals surface area contributed by atoms with E-state index in [0.717, 1.165) is 23.6 Å². The number of nitrogens with one attached hydrogen (secondary N) is 1. The summed E-state index contributed by atoms with van der Waals surface area (Å²) in [5.41, 5.74) is 0.711. The molecule has 1 atom stereocenters. The lowest BCUT2D eigenvalue weighted by Crippen LogP contribution is -2.27. The van der Waals surface area contributed by atoms with Crippen LogP contribution in [-0.2, 0) is 6.54 Å². The van der Waals surface area contributed by atoms with Gasteiger partial charge in [0.1, 0.15) is 4.47 Å². The Morgan fingerprint density at radius 2 is 2.15 bits per heavy atom. The van der Waals surface area contributed by atoms with E-state index in [1.54, 1.807) is 6.20 Å². The van der Waals surface area contributed by atoms with Crippen LogP contribution in [0.4, 0.5) is 5.69 Å². The van der Waals surface area contributed by atoms with Crippen molar-refractivity contribution in [1.82, 2.24) is 9.78 Å². The maximum Gasteiger partial charge on any atom is 0.283 e. The first-order valence-corrected chi connectivity index (χ1v) is 9.00. The summed E-state index contributed by atoms with van der Waals surface area (Å²) in [6, 6.07) is 0.326. The lowest BCUT2D eigenvalue weighted by atomic mass is 10.2. The lowest BCUT2D eigenvalue weighted by molar-refractivity contribution is 0.462. The number of nitrogens with zero attached hydrogens (tertiary/aromatic N) is 2. The minimum absolute atomic E-state index is 0.0705. The highest BCUT2D eigenvalue weighted by molar-refractivity contribution is 9.10. The molecule has 1 N–H and O–H groups in total. The van der Waals surface area contributed by atoms with Crippen LogP contribution >= 0.6 is 27.7 Å². The van der Waals surface area contributed by atoms with Gasteiger partial charge >= 0.3 is 0 Å². The van der Waals surface area contributed by atoms with Gasteiger partial charge in [0.25, 0.3) is 5.56 Å². The molecule has 20 heavy (non-hydrogen) atoms. The van der Waals surface area contributed by atoms with Crippen molar-refractivity contribution in [2.75, 3.05) is 16.8 Å². The molecule has 0 bridgehead atoms. The van der Waals surface area contributed by atoms with E-state index in [9.17, 15) is 4.79 Å². The van der Waals surface area contributed by atoms with Crippen molar-refractivity contribution in [2.24, 2.45) is 5.92 Å². The summed E-state index contributed by atoms with van der Waals surface area (Å²) < 4.78 is 2.08. The van der Waals surface area contributed by atoms with Crippen molar-refractivity contribution in [3.05, 3.63) is 21.0 Å². The molecule has 6 heteroatoms. The summed E-state index contributed by atoms with van der Waals surface area (Å²) in [4.78, 5) is 12.2. The largest absolute Gasteiger partial charge is 0.380 e. The maximum atomic E-state index is 12.2. The van der Waals surface area contributed by atoms with Crippen LogP contribution in [0.15, 0.2) is 15.5 Å². The Bertz CT molecular complexity index is 476. The van der Waals surface area contributed by atoms with Crippen LogP contribution in [0, 0.1) is 5.92 Å². The minimum atomic E-state index is -0.0705. The molecule has 1 unspecified atom stereocenters. The van der Waals surface area contributed by atoms with Crippen molar-refractivity contribution in [1.29, 1.82) is 0 Å². The van der Waals surface area contributed by atoms with Gasteiger partial charge in [-0.15, -0.1) is 0 Å². The van der Waals surface area contributed by atoms with Gasteiger partial charge in [0.2, 0.25) is 0 Å².